The van der Waals surface area contributed by atoms with Crippen LogP contribution in [0.4, 0.5) is 0 Å². The first kappa shape index (κ1) is 20.0. The summed E-state index contributed by atoms with van der Waals surface area (Å²) >= 11 is 0. The average Bonchev–Trinajstić information content (AvgIpc) is 3.11. The van der Waals surface area contributed by atoms with Crippen LogP contribution < -0.4 is 14.2 Å². The molecule has 0 spiro atoms. The summed E-state index contributed by atoms with van der Waals surface area (Å²) in [5.74, 6) is 2.53. The lowest BCUT2D eigenvalue weighted by molar-refractivity contribution is 0.115. The van der Waals surface area contributed by atoms with Crippen molar-refractivity contribution in [1.82, 2.24) is 15.0 Å². The highest BCUT2D eigenvalue weighted by Crippen LogP contribution is 2.43. The predicted octanol–water partition coefficient (Wildman–Crippen LogP) is 2.62. The van der Waals surface area contributed by atoms with Gasteiger partial charge in [-0.05, 0) is 26.0 Å². The Kier molecular flexibility index (Phi) is 7.23. The maximum Gasteiger partial charge on any atom is 0.241 e. The number of hydrogen-bond acceptors (Lipinski definition) is 8. The minimum atomic E-state index is 0.330. The number of ether oxygens (including phenoxy) is 4. The van der Waals surface area contributed by atoms with E-state index < -0.39 is 0 Å². The first-order valence-corrected chi connectivity index (χ1v) is 8.40. The number of nitrogens with zero attached hydrogens (tertiary/aromatic N) is 3. The Bertz CT molecular complexity index is 702. The fourth-order valence-electron chi connectivity index (χ4n) is 2.61. The molecule has 0 fully saturated rings. The summed E-state index contributed by atoms with van der Waals surface area (Å²) in [6, 6.07) is 3.93. The van der Waals surface area contributed by atoms with E-state index in [2.05, 4.69) is 28.9 Å². The Morgan fingerprint density at radius 1 is 1.04 bits per heavy atom. The number of rotatable bonds is 10. The second-order valence-electron chi connectivity index (χ2n) is 5.95. The lowest BCUT2D eigenvalue weighted by atomic mass is 10.1. The van der Waals surface area contributed by atoms with Crippen molar-refractivity contribution in [2.24, 2.45) is 0 Å². The van der Waals surface area contributed by atoms with Gasteiger partial charge in [0.1, 0.15) is 0 Å². The summed E-state index contributed by atoms with van der Waals surface area (Å²) < 4.78 is 26.8. The van der Waals surface area contributed by atoms with Gasteiger partial charge in [-0.2, -0.15) is 4.98 Å². The third-order valence-corrected chi connectivity index (χ3v) is 4.06. The van der Waals surface area contributed by atoms with Crippen LogP contribution in [0.5, 0.6) is 17.2 Å². The van der Waals surface area contributed by atoms with Crippen LogP contribution >= 0.6 is 0 Å². The van der Waals surface area contributed by atoms with Crippen LogP contribution in [0.2, 0.25) is 0 Å². The molecule has 1 aromatic carbocycles. The molecular formula is C18H27N3O5. The Balaban J connectivity index is 2.29. The van der Waals surface area contributed by atoms with Gasteiger partial charge < -0.3 is 23.5 Å². The predicted molar refractivity (Wildman–Crippen MR) is 96.8 cm³/mol. The summed E-state index contributed by atoms with van der Waals surface area (Å²) in [5.41, 5.74) is 0.674. The van der Waals surface area contributed by atoms with Crippen molar-refractivity contribution < 1.29 is 23.5 Å². The van der Waals surface area contributed by atoms with Crippen molar-refractivity contribution in [2.45, 2.75) is 26.4 Å². The lowest BCUT2D eigenvalue weighted by Crippen LogP contribution is -2.33. The van der Waals surface area contributed by atoms with E-state index >= 15 is 0 Å². The molecule has 1 heterocycles. The van der Waals surface area contributed by atoms with Crippen molar-refractivity contribution in [3.8, 4) is 28.6 Å². The highest BCUT2D eigenvalue weighted by Gasteiger charge is 2.21. The SMILES string of the molecule is COCCN(Cc1nc(-c2ccc(OC)c(OC)c2OC)no1)C(C)C. The van der Waals surface area contributed by atoms with Crippen LogP contribution in [0.15, 0.2) is 16.7 Å². The van der Waals surface area contributed by atoms with E-state index in [4.69, 9.17) is 23.5 Å². The summed E-state index contributed by atoms with van der Waals surface area (Å²) in [7, 11) is 6.38. The molecule has 1 aromatic heterocycles. The normalized spacial score (nSPS) is 11.2. The Labute approximate surface area is 154 Å². The van der Waals surface area contributed by atoms with Crippen molar-refractivity contribution in [2.75, 3.05) is 41.6 Å². The van der Waals surface area contributed by atoms with Crippen molar-refractivity contribution in [1.29, 1.82) is 0 Å². The van der Waals surface area contributed by atoms with Gasteiger partial charge in [-0.1, -0.05) is 5.16 Å². The topological polar surface area (TPSA) is 79.1 Å². The molecule has 0 amide bonds. The minimum absolute atomic E-state index is 0.330. The van der Waals surface area contributed by atoms with E-state index in [9.17, 15) is 0 Å². The number of hydrogen-bond donors (Lipinski definition) is 0. The number of aromatic nitrogens is 2. The van der Waals surface area contributed by atoms with Gasteiger partial charge >= 0.3 is 0 Å². The zero-order chi connectivity index (χ0) is 19.1. The smallest absolute Gasteiger partial charge is 0.241 e. The molecule has 0 aliphatic carbocycles. The molecule has 0 aliphatic heterocycles. The molecule has 0 atom stereocenters. The maximum absolute atomic E-state index is 5.49. The highest BCUT2D eigenvalue weighted by atomic mass is 16.5. The number of benzene rings is 1. The van der Waals surface area contributed by atoms with E-state index in [1.165, 1.54) is 0 Å². The number of methoxy groups -OCH3 is 4. The Morgan fingerprint density at radius 3 is 2.35 bits per heavy atom. The van der Waals surface area contributed by atoms with Crippen molar-refractivity contribution in [3.05, 3.63) is 18.0 Å². The second kappa shape index (κ2) is 9.40. The van der Waals surface area contributed by atoms with Crippen LogP contribution in [0.25, 0.3) is 11.4 Å². The molecule has 0 saturated carbocycles. The minimum Gasteiger partial charge on any atom is -0.493 e. The zero-order valence-electron chi connectivity index (χ0n) is 16.2. The van der Waals surface area contributed by atoms with Crippen LogP contribution in [0, 0.1) is 0 Å². The molecule has 0 unspecified atom stereocenters. The van der Waals surface area contributed by atoms with Crippen LogP contribution in [-0.4, -0.2) is 62.7 Å². The van der Waals surface area contributed by atoms with Gasteiger partial charge in [-0.15, -0.1) is 0 Å². The molecule has 8 heteroatoms. The standard InChI is InChI=1S/C18H27N3O5/c1-12(2)21(9-10-22-3)11-15-19-18(20-26-15)13-7-8-14(23-4)17(25-6)16(13)24-5/h7-8,12H,9-11H2,1-6H3. The van der Waals surface area contributed by atoms with Gasteiger partial charge in [0.2, 0.25) is 17.5 Å². The molecule has 0 N–H and O–H groups in total. The summed E-state index contributed by atoms with van der Waals surface area (Å²) in [6.45, 7) is 6.20. The van der Waals surface area contributed by atoms with E-state index in [1.807, 2.05) is 6.07 Å². The van der Waals surface area contributed by atoms with E-state index in [0.717, 1.165) is 6.54 Å². The third-order valence-electron chi connectivity index (χ3n) is 4.06. The van der Waals surface area contributed by atoms with Gasteiger partial charge in [0, 0.05) is 19.7 Å². The second-order valence-corrected chi connectivity index (χ2v) is 5.95. The Morgan fingerprint density at radius 2 is 1.77 bits per heavy atom. The van der Waals surface area contributed by atoms with Gasteiger partial charge in [0.05, 0.1) is 40.0 Å². The van der Waals surface area contributed by atoms with Gasteiger partial charge in [0.15, 0.2) is 11.5 Å². The van der Waals surface area contributed by atoms with E-state index in [0.29, 0.717) is 53.7 Å². The summed E-state index contributed by atoms with van der Waals surface area (Å²) in [4.78, 5) is 6.71. The lowest BCUT2D eigenvalue weighted by Gasteiger charge is -2.24. The largest absolute Gasteiger partial charge is 0.493 e. The molecule has 26 heavy (non-hydrogen) atoms. The fourth-order valence-corrected chi connectivity index (χ4v) is 2.61. The average molecular weight is 365 g/mol. The molecular weight excluding hydrogens is 338 g/mol. The molecule has 144 valence electrons. The molecule has 0 bridgehead atoms. The molecule has 8 nitrogen and oxygen atoms in total. The monoisotopic (exact) mass is 365 g/mol. The van der Waals surface area contributed by atoms with Gasteiger partial charge in [-0.25, -0.2) is 0 Å². The molecule has 2 aromatic rings. The summed E-state index contributed by atoms with van der Waals surface area (Å²) in [5, 5.41) is 4.10. The first-order chi connectivity index (χ1) is 12.5. The first-order valence-electron chi connectivity index (χ1n) is 8.40. The van der Waals surface area contributed by atoms with Gasteiger partial charge in [-0.3, -0.25) is 4.90 Å². The maximum atomic E-state index is 5.49. The third kappa shape index (κ3) is 4.44. The van der Waals surface area contributed by atoms with Crippen LogP contribution in [0.3, 0.4) is 0 Å². The quantitative estimate of drug-likeness (QED) is 0.636. The van der Waals surface area contributed by atoms with Crippen LogP contribution in [0.1, 0.15) is 19.7 Å². The van der Waals surface area contributed by atoms with E-state index in [-0.39, 0.29) is 0 Å². The zero-order valence-corrected chi connectivity index (χ0v) is 16.2. The van der Waals surface area contributed by atoms with Crippen LogP contribution in [-0.2, 0) is 11.3 Å². The molecule has 0 radical (unpaired) electrons. The molecule has 2 rings (SSSR count). The summed E-state index contributed by atoms with van der Waals surface area (Å²) in [6.07, 6.45) is 0. The molecule has 0 aliphatic rings. The molecule has 0 saturated heterocycles. The van der Waals surface area contributed by atoms with Crippen molar-refractivity contribution in [3.63, 3.8) is 0 Å². The van der Waals surface area contributed by atoms with Gasteiger partial charge in [0.25, 0.3) is 0 Å². The fraction of sp³-hybridized carbons (Fsp3) is 0.556. The van der Waals surface area contributed by atoms with Crippen molar-refractivity contribution >= 4 is 0 Å². The van der Waals surface area contributed by atoms with E-state index in [1.54, 1.807) is 34.5 Å². The Hall–Kier alpha value is -2.32. The highest BCUT2D eigenvalue weighted by molar-refractivity contribution is 5.71.